The normalized spacial score (nSPS) is 13.8. The second kappa shape index (κ2) is 7.86. The first-order chi connectivity index (χ1) is 15.9. The van der Waals surface area contributed by atoms with Crippen LogP contribution in [0.25, 0.3) is 44.0 Å². The Kier molecular flexibility index (Phi) is 4.58. The van der Waals surface area contributed by atoms with E-state index in [2.05, 4.69) is 103 Å². The van der Waals surface area contributed by atoms with Crippen LogP contribution in [-0.2, 0) is 0 Å². The molecule has 0 saturated carbocycles. The van der Waals surface area contributed by atoms with Crippen molar-refractivity contribution < 1.29 is 4.42 Å². The summed E-state index contributed by atoms with van der Waals surface area (Å²) >= 11 is 0. The van der Waals surface area contributed by atoms with Crippen LogP contribution in [0.1, 0.15) is 17.7 Å². The molecule has 152 valence electrons. The van der Waals surface area contributed by atoms with Crippen molar-refractivity contribution in [1.29, 1.82) is 0 Å². The number of hydrogen-bond donors (Lipinski definition) is 0. The third kappa shape index (κ3) is 3.29. The fraction of sp³-hybridized carbons (Fsp3) is 0.0323. The lowest BCUT2D eigenvalue weighted by Gasteiger charge is -2.12. The first kappa shape index (κ1) is 18.7. The van der Waals surface area contributed by atoms with Gasteiger partial charge in [-0.3, -0.25) is 0 Å². The van der Waals surface area contributed by atoms with Crippen molar-refractivity contribution in [3.8, 4) is 11.3 Å². The Bertz CT molecular complexity index is 1470. The van der Waals surface area contributed by atoms with Gasteiger partial charge in [-0.25, -0.2) is 0 Å². The van der Waals surface area contributed by atoms with Gasteiger partial charge >= 0.3 is 0 Å². The maximum absolute atomic E-state index is 6.21. The summed E-state index contributed by atoms with van der Waals surface area (Å²) in [5.41, 5.74) is 4.80. The van der Waals surface area contributed by atoms with Crippen molar-refractivity contribution >= 4 is 32.7 Å². The first-order valence-electron chi connectivity index (χ1n) is 11.0. The van der Waals surface area contributed by atoms with Crippen molar-refractivity contribution in [3.63, 3.8) is 0 Å². The molecule has 1 aromatic heterocycles. The van der Waals surface area contributed by atoms with Crippen LogP contribution in [0.2, 0.25) is 0 Å². The van der Waals surface area contributed by atoms with Crippen LogP contribution < -0.4 is 0 Å². The largest absolute Gasteiger partial charge is 0.456 e. The van der Waals surface area contributed by atoms with E-state index in [0.717, 1.165) is 23.5 Å². The number of furan rings is 1. The van der Waals surface area contributed by atoms with Crippen molar-refractivity contribution in [2.24, 2.45) is 0 Å². The number of allylic oxidation sites excluding steroid dienone is 6. The highest BCUT2D eigenvalue weighted by Gasteiger charge is 2.13. The van der Waals surface area contributed by atoms with Crippen molar-refractivity contribution in [2.75, 3.05) is 0 Å². The lowest BCUT2D eigenvalue weighted by Crippen LogP contribution is -1.88. The molecule has 0 saturated heterocycles. The number of fused-ring (bicyclic) bond motifs is 2. The van der Waals surface area contributed by atoms with Gasteiger partial charge in [0, 0.05) is 5.56 Å². The Labute approximate surface area is 187 Å². The van der Waals surface area contributed by atoms with Crippen LogP contribution >= 0.6 is 0 Å². The first-order valence-corrected chi connectivity index (χ1v) is 11.0. The topological polar surface area (TPSA) is 13.1 Å². The second-order valence-corrected chi connectivity index (χ2v) is 8.14. The summed E-state index contributed by atoms with van der Waals surface area (Å²) in [6.07, 6.45) is 9.77. The van der Waals surface area contributed by atoms with Gasteiger partial charge in [0.25, 0.3) is 0 Å². The van der Waals surface area contributed by atoms with Crippen molar-refractivity contribution in [1.82, 2.24) is 0 Å². The summed E-state index contributed by atoms with van der Waals surface area (Å²) in [6, 6.07) is 34.0. The molecule has 0 amide bonds. The zero-order valence-corrected chi connectivity index (χ0v) is 17.7. The Morgan fingerprint density at radius 1 is 0.594 bits per heavy atom. The number of benzene rings is 4. The predicted octanol–water partition coefficient (Wildman–Crippen LogP) is 8.68. The third-order valence-corrected chi connectivity index (χ3v) is 6.14. The molecule has 1 aliphatic rings. The molecule has 0 aliphatic heterocycles. The molecule has 6 rings (SSSR count). The van der Waals surface area contributed by atoms with E-state index in [1.807, 2.05) is 18.2 Å². The molecule has 1 heterocycles. The van der Waals surface area contributed by atoms with Gasteiger partial charge in [-0.2, -0.15) is 0 Å². The van der Waals surface area contributed by atoms with E-state index < -0.39 is 0 Å². The van der Waals surface area contributed by atoms with E-state index >= 15 is 0 Å². The fourth-order valence-corrected chi connectivity index (χ4v) is 4.57. The lowest BCUT2D eigenvalue weighted by molar-refractivity contribution is 0.566. The molecule has 1 aliphatic carbocycles. The SMILES string of the molecule is C1=CC(c2c3ccccc3cc3ccccc23)=CC=C(c2ccc(-c3ccccc3)o2)C1. The minimum atomic E-state index is 0.838. The third-order valence-electron chi connectivity index (χ3n) is 6.14. The second-order valence-electron chi connectivity index (χ2n) is 8.14. The zero-order valence-electron chi connectivity index (χ0n) is 17.7. The van der Waals surface area contributed by atoms with Gasteiger partial charge in [-0.15, -0.1) is 0 Å². The van der Waals surface area contributed by atoms with E-state index in [-0.39, 0.29) is 0 Å². The summed E-state index contributed by atoms with van der Waals surface area (Å²) in [6.45, 7) is 0. The van der Waals surface area contributed by atoms with Gasteiger partial charge in [-0.1, -0.05) is 103 Å². The Morgan fingerprint density at radius 3 is 2.00 bits per heavy atom. The predicted molar refractivity (Wildman–Crippen MR) is 135 cm³/mol. The molecule has 32 heavy (non-hydrogen) atoms. The molecule has 1 heteroatoms. The standard InChI is InChI=1S/C31H22O/c1-2-9-22(10-3-1)29-19-20-30(32-29)23-13-8-14-24(18-17-23)31-27-15-6-4-11-25(27)21-26-12-5-7-16-28(26)31/h1-12,14-21H,13H2. The van der Waals surface area contributed by atoms with Crippen LogP contribution in [-0.4, -0.2) is 0 Å². The molecular weight excluding hydrogens is 388 g/mol. The number of rotatable bonds is 3. The highest BCUT2D eigenvalue weighted by atomic mass is 16.3. The van der Waals surface area contributed by atoms with Crippen molar-refractivity contribution in [2.45, 2.75) is 6.42 Å². The highest BCUT2D eigenvalue weighted by Crippen LogP contribution is 2.36. The Morgan fingerprint density at radius 2 is 1.25 bits per heavy atom. The minimum Gasteiger partial charge on any atom is -0.456 e. The van der Waals surface area contributed by atoms with Crippen LogP contribution in [0.15, 0.2) is 126 Å². The Balaban J connectivity index is 1.46. The van der Waals surface area contributed by atoms with Gasteiger partial charge in [0.1, 0.15) is 11.5 Å². The van der Waals surface area contributed by atoms with Gasteiger partial charge in [0.05, 0.1) is 0 Å². The van der Waals surface area contributed by atoms with Crippen LogP contribution in [0.4, 0.5) is 0 Å². The lowest BCUT2D eigenvalue weighted by atomic mass is 9.91. The molecule has 0 fully saturated rings. The van der Waals surface area contributed by atoms with Gasteiger partial charge in [-0.05, 0) is 62.9 Å². The molecule has 0 atom stereocenters. The maximum atomic E-state index is 6.21. The summed E-state index contributed by atoms with van der Waals surface area (Å²) < 4.78 is 6.21. The molecular formula is C31H22O. The van der Waals surface area contributed by atoms with E-state index in [0.29, 0.717) is 0 Å². The monoisotopic (exact) mass is 410 g/mol. The van der Waals surface area contributed by atoms with Gasteiger partial charge < -0.3 is 4.42 Å². The van der Waals surface area contributed by atoms with E-state index in [1.165, 1.54) is 38.3 Å². The smallest absolute Gasteiger partial charge is 0.134 e. The zero-order chi connectivity index (χ0) is 21.3. The van der Waals surface area contributed by atoms with E-state index in [4.69, 9.17) is 4.42 Å². The highest BCUT2D eigenvalue weighted by molar-refractivity contribution is 6.10. The maximum Gasteiger partial charge on any atom is 0.134 e. The quantitative estimate of drug-likeness (QED) is 0.271. The van der Waals surface area contributed by atoms with E-state index in [9.17, 15) is 0 Å². The van der Waals surface area contributed by atoms with Crippen LogP contribution in [0.5, 0.6) is 0 Å². The molecule has 1 nitrogen and oxygen atoms in total. The Hall–Kier alpha value is -4.10. The molecule has 0 spiro atoms. The molecule has 0 bridgehead atoms. The molecule has 0 radical (unpaired) electrons. The molecule has 0 N–H and O–H groups in total. The van der Waals surface area contributed by atoms with Crippen molar-refractivity contribution in [3.05, 3.63) is 133 Å². The van der Waals surface area contributed by atoms with E-state index in [1.54, 1.807) is 0 Å². The average Bonchev–Trinajstić information content (AvgIpc) is 3.22. The average molecular weight is 411 g/mol. The van der Waals surface area contributed by atoms with Gasteiger partial charge in [0.2, 0.25) is 0 Å². The molecule has 4 aromatic carbocycles. The van der Waals surface area contributed by atoms with Crippen LogP contribution in [0, 0.1) is 0 Å². The summed E-state index contributed by atoms with van der Waals surface area (Å²) in [4.78, 5) is 0. The summed E-state index contributed by atoms with van der Waals surface area (Å²) in [7, 11) is 0. The van der Waals surface area contributed by atoms with Gasteiger partial charge in [0.15, 0.2) is 0 Å². The summed E-state index contributed by atoms with van der Waals surface area (Å²) in [5.74, 6) is 1.83. The number of hydrogen-bond acceptors (Lipinski definition) is 1. The minimum absolute atomic E-state index is 0.838. The molecule has 5 aromatic rings. The fourth-order valence-electron chi connectivity index (χ4n) is 4.57. The summed E-state index contributed by atoms with van der Waals surface area (Å²) in [5, 5.41) is 5.09. The molecule has 0 unspecified atom stereocenters. The van der Waals surface area contributed by atoms with Crippen LogP contribution in [0.3, 0.4) is 0 Å².